The highest BCUT2D eigenvalue weighted by Gasteiger charge is 2.41. The van der Waals surface area contributed by atoms with Crippen molar-refractivity contribution in [3.63, 3.8) is 0 Å². The Labute approximate surface area is 187 Å². The number of Topliss-reactive ketones (excluding diaryl/α,β-unsaturated/α-hetero) is 3. The largest absolute Gasteiger partial charge is 0.463 e. The topological polar surface area (TPSA) is 81.4 Å². The van der Waals surface area contributed by atoms with Gasteiger partial charge in [0.15, 0.2) is 22.8 Å². The van der Waals surface area contributed by atoms with Crippen LogP contribution in [0.4, 0.5) is 0 Å². The van der Waals surface area contributed by atoms with E-state index in [1.54, 1.807) is 72.8 Å². The maximum atomic E-state index is 13.4. The van der Waals surface area contributed by atoms with E-state index in [-0.39, 0.29) is 33.5 Å². The van der Waals surface area contributed by atoms with E-state index in [2.05, 4.69) is 0 Å². The number of carbonyl (C=O) groups excluding carboxylic acids is 3. The molecule has 0 unspecified atom stereocenters. The summed E-state index contributed by atoms with van der Waals surface area (Å²) in [6.45, 7) is 0. The molecule has 0 radical (unpaired) electrons. The fourth-order valence-corrected chi connectivity index (χ4v) is 4.54. The third kappa shape index (κ3) is 2.66. The summed E-state index contributed by atoms with van der Waals surface area (Å²) in [5, 5.41) is 0.379. The van der Waals surface area contributed by atoms with Crippen molar-refractivity contribution in [1.82, 2.24) is 0 Å². The highest BCUT2D eigenvalue weighted by molar-refractivity contribution is 6.46. The Balaban J connectivity index is 1.65. The first-order valence-corrected chi connectivity index (χ1v) is 10.4. The third-order valence-electron chi connectivity index (χ3n) is 6.08. The van der Waals surface area contributed by atoms with Crippen LogP contribution >= 0.6 is 0 Å². The van der Waals surface area contributed by atoms with Gasteiger partial charge in [-0.15, -0.1) is 0 Å². The van der Waals surface area contributed by atoms with Crippen molar-refractivity contribution < 1.29 is 18.8 Å². The average molecular weight is 430 g/mol. The molecule has 5 heteroatoms. The zero-order valence-electron chi connectivity index (χ0n) is 17.1. The van der Waals surface area contributed by atoms with Gasteiger partial charge < -0.3 is 4.42 Å². The molecule has 6 rings (SSSR count). The summed E-state index contributed by atoms with van der Waals surface area (Å²) >= 11 is 0. The summed E-state index contributed by atoms with van der Waals surface area (Å²) < 4.78 is 5.59. The van der Waals surface area contributed by atoms with E-state index in [0.29, 0.717) is 33.2 Å². The second kappa shape index (κ2) is 6.93. The lowest BCUT2D eigenvalue weighted by molar-refractivity contribution is 0.0989. The molecule has 0 atom stereocenters. The number of ketones is 3. The summed E-state index contributed by atoms with van der Waals surface area (Å²) in [7, 11) is 0. The third-order valence-corrected chi connectivity index (χ3v) is 6.08. The minimum atomic E-state index is -0.424. The molecule has 0 bridgehead atoms. The number of allylic oxidation sites excluding steroid dienone is 3. The van der Waals surface area contributed by atoms with Crippen LogP contribution in [0.25, 0.3) is 22.6 Å². The lowest BCUT2D eigenvalue weighted by Gasteiger charge is -2.06. The quantitative estimate of drug-likeness (QED) is 0.317. The van der Waals surface area contributed by atoms with E-state index in [1.807, 2.05) is 0 Å². The number of benzene rings is 3. The Bertz CT molecular complexity index is 1640. The smallest absolute Gasteiger partial charge is 0.199 e. The van der Waals surface area contributed by atoms with Crippen molar-refractivity contribution in [1.29, 1.82) is 0 Å². The van der Waals surface area contributed by atoms with Gasteiger partial charge in [0.2, 0.25) is 0 Å². The molecule has 1 heterocycles. The molecule has 0 aliphatic heterocycles. The van der Waals surface area contributed by atoms with Gasteiger partial charge in [0.05, 0.1) is 16.5 Å². The van der Waals surface area contributed by atoms with Crippen molar-refractivity contribution in [3.05, 3.63) is 128 Å². The number of fused-ring (bicyclic) bond motifs is 3. The van der Waals surface area contributed by atoms with Gasteiger partial charge in [-0.2, -0.15) is 0 Å². The lowest BCUT2D eigenvalue weighted by Crippen LogP contribution is -2.08. The molecule has 0 amide bonds. The molecule has 1 aromatic heterocycles. The zero-order valence-corrected chi connectivity index (χ0v) is 17.1. The zero-order chi connectivity index (χ0) is 22.7. The molecule has 0 saturated carbocycles. The minimum Gasteiger partial charge on any atom is -0.463 e. The van der Waals surface area contributed by atoms with Crippen LogP contribution in [0, 0.1) is 0 Å². The van der Waals surface area contributed by atoms with Gasteiger partial charge in [-0.25, -0.2) is 0 Å². The van der Waals surface area contributed by atoms with Crippen molar-refractivity contribution >= 4 is 40.0 Å². The fraction of sp³-hybridized carbons (Fsp3) is 0. The fourth-order valence-electron chi connectivity index (χ4n) is 4.54. The maximum absolute atomic E-state index is 13.4. The predicted molar refractivity (Wildman–Crippen MR) is 123 cm³/mol. The first-order chi connectivity index (χ1) is 16.1. The van der Waals surface area contributed by atoms with Crippen LogP contribution in [-0.4, -0.2) is 17.3 Å². The average Bonchev–Trinajstić information content (AvgIpc) is 3.26. The normalized spacial score (nSPS) is 16.1. The van der Waals surface area contributed by atoms with Crippen LogP contribution in [0.3, 0.4) is 0 Å². The van der Waals surface area contributed by atoms with Crippen molar-refractivity contribution in [2.75, 3.05) is 0 Å². The van der Waals surface area contributed by atoms with Crippen molar-refractivity contribution in [2.45, 2.75) is 0 Å². The molecule has 5 nitrogen and oxygen atoms in total. The van der Waals surface area contributed by atoms with Crippen LogP contribution in [-0.2, 0) is 0 Å². The Kier molecular flexibility index (Phi) is 4.01. The van der Waals surface area contributed by atoms with Crippen molar-refractivity contribution in [2.24, 2.45) is 0 Å². The highest BCUT2D eigenvalue weighted by Crippen LogP contribution is 2.43. The first-order valence-electron chi connectivity index (χ1n) is 10.4. The van der Waals surface area contributed by atoms with Crippen molar-refractivity contribution in [3.8, 4) is 0 Å². The molecule has 2 aliphatic rings. The van der Waals surface area contributed by atoms with Crippen LogP contribution in [0.5, 0.6) is 0 Å². The van der Waals surface area contributed by atoms with Gasteiger partial charge in [-0.3, -0.25) is 19.2 Å². The molecule has 2 aliphatic carbocycles. The van der Waals surface area contributed by atoms with Gasteiger partial charge >= 0.3 is 0 Å². The standard InChI is InChI=1S/C28H14O5/c29-25-15(14-33-22-12-6-5-11-20(22)25)13-21-23(16-7-1-2-8-17(16)26(21)30)24-27(31)18-9-3-4-10-19(18)28(24)32/h1-14H/b21-13-. The molecule has 0 fully saturated rings. The predicted octanol–water partition coefficient (Wildman–Crippen LogP) is 4.91. The molecule has 0 N–H and O–H groups in total. The summed E-state index contributed by atoms with van der Waals surface area (Å²) in [5.41, 5.74) is 2.14. The van der Waals surface area contributed by atoms with Crippen LogP contribution in [0.1, 0.15) is 42.2 Å². The van der Waals surface area contributed by atoms with Crippen LogP contribution in [0.15, 0.2) is 99.4 Å². The summed E-state index contributed by atoms with van der Waals surface area (Å²) in [6.07, 6.45) is 2.72. The summed E-state index contributed by atoms with van der Waals surface area (Å²) in [4.78, 5) is 52.9. The van der Waals surface area contributed by atoms with Gasteiger partial charge in [0.1, 0.15) is 11.8 Å². The van der Waals surface area contributed by atoms with E-state index in [4.69, 9.17) is 4.42 Å². The monoisotopic (exact) mass is 430 g/mol. The highest BCUT2D eigenvalue weighted by atomic mass is 16.3. The molecular formula is C28H14O5. The van der Waals surface area contributed by atoms with Gasteiger partial charge in [-0.1, -0.05) is 60.7 Å². The molecule has 156 valence electrons. The molecule has 4 aromatic rings. The van der Waals surface area contributed by atoms with Crippen LogP contribution < -0.4 is 5.43 Å². The summed E-state index contributed by atoms with van der Waals surface area (Å²) in [5.74, 6) is -1.20. The SMILES string of the molecule is O=C1C(=C2/C(=C/c3coc4ccccc4c3=O)C(=O)c3ccccc32)C(=O)c2ccccc21. The van der Waals surface area contributed by atoms with E-state index < -0.39 is 11.6 Å². The van der Waals surface area contributed by atoms with Crippen LogP contribution in [0.2, 0.25) is 0 Å². The number of rotatable bonds is 1. The van der Waals surface area contributed by atoms with E-state index >= 15 is 0 Å². The Morgan fingerprint density at radius 2 is 1.12 bits per heavy atom. The second-order valence-electron chi connectivity index (χ2n) is 7.90. The lowest BCUT2D eigenvalue weighted by atomic mass is 9.94. The Hall–Kier alpha value is -4.64. The minimum absolute atomic E-state index is 0.0501. The Morgan fingerprint density at radius 3 is 1.79 bits per heavy atom. The van der Waals surface area contributed by atoms with E-state index in [0.717, 1.165) is 0 Å². The van der Waals surface area contributed by atoms with Gasteiger partial charge in [-0.05, 0) is 23.8 Å². The van der Waals surface area contributed by atoms with Gasteiger partial charge in [0, 0.05) is 27.8 Å². The molecule has 0 saturated heterocycles. The molecule has 0 spiro atoms. The second-order valence-corrected chi connectivity index (χ2v) is 7.90. The Morgan fingerprint density at radius 1 is 0.576 bits per heavy atom. The maximum Gasteiger partial charge on any atom is 0.199 e. The number of carbonyl (C=O) groups is 3. The molecule has 33 heavy (non-hydrogen) atoms. The number of hydrogen-bond acceptors (Lipinski definition) is 5. The van der Waals surface area contributed by atoms with E-state index in [9.17, 15) is 19.2 Å². The van der Waals surface area contributed by atoms with E-state index in [1.165, 1.54) is 12.3 Å². The molecular weight excluding hydrogens is 416 g/mol. The summed E-state index contributed by atoms with van der Waals surface area (Å²) in [6, 6.07) is 20.3. The number of para-hydroxylation sites is 1. The molecule has 3 aromatic carbocycles. The van der Waals surface area contributed by atoms with Gasteiger partial charge in [0.25, 0.3) is 0 Å². The first kappa shape index (κ1) is 19.1. The number of hydrogen-bond donors (Lipinski definition) is 0.